The van der Waals surface area contributed by atoms with E-state index in [1.54, 1.807) is 6.07 Å². The molecule has 1 N–H and O–H groups in total. The first-order valence-corrected chi connectivity index (χ1v) is 12.3. The predicted molar refractivity (Wildman–Crippen MR) is 117 cm³/mol. The summed E-state index contributed by atoms with van der Waals surface area (Å²) in [5.41, 5.74) is 0.306. The Morgan fingerprint density at radius 1 is 1.16 bits per heavy atom. The van der Waals surface area contributed by atoms with Crippen molar-refractivity contribution in [3.05, 3.63) is 81.6 Å². The summed E-state index contributed by atoms with van der Waals surface area (Å²) >= 11 is 1.43. The number of halogens is 1. The number of sulfonamides is 1. The lowest BCUT2D eigenvalue weighted by Crippen LogP contribution is -2.32. The topological polar surface area (TPSA) is 96.4 Å². The van der Waals surface area contributed by atoms with Gasteiger partial charge >= 0.3 is 0 Å². The Bertz CT molecular complexity index is 1240. The van der Waals surface area contributed by atoms with Crippen LogP contribution in [0.15, 0.2) is 58.9 Å². The molecule has 0 unspecified atom stereocenters. The highest BCUT2D eigenvalue weighted by molar-refractivity contribution is 7.89. The van der Waals surface area contributed by atoms with Gasteiger partial charge in [0.2, 0.25) is 10.0 Å². The van der Waals surface area contributed by atoms with Crippen molar-refractivity contribution in [2.24, 2.45) is 0 Å². The fraction of sp³-hybridized carbons (Fsp3) is 0.227. The fourth-order valence-electron chi connectivity index (χ4n) is 3.63. The molecule has 0 radical (unpaired) electrons. The number of carbonyl (C=O) groups is 2. The van der Waals surface area contributed by atoms with E-state index >= 15 is 0 Å². The van der Waals surface area contributed by atoms with Crippen LogP contribution in [0.3, 0.4) is 0 Å². The Hall–Kier alpha value is -2.95. The molecule has 1 aliphatic heterocycles. The number of carbonyl (C=O) groups excluding carboxylic acids is 2. The van der Waals surface area contributed by atoms with Crippen molar-refractivity contribution in [1.29, 1.82) is 0 Å². The van der Waals surface area contributed by atoms with Gasteiger partial charge in [0.05, 0.1) is 23.0 Å². The molecule has 166 valence electrons. The van der Waals surface area contributed by atoms with Crippen LogP contribution in [0.1, 0.15) is 57.1 Å². The Morgan fingerprint density at radius 3 is 2.66 bits per heavy atom. The zero-order chi connectivity index (χ0) is 22.9. The molecule has 3 heterocycles. The van der Waals surface area contributed by atoms with Gasteiger partial charge in [-0.15, -0.1) is 11.3 Å². The number of nitrogens with zero attached hydrogens (tertiary/aromatic N) is 2. The number of nitrogens with one attached hydrogen (secondary N) is 1. The molecular formula is C22H20FN3O4S2. The number of amides is 2. The maximum absolute atomic E-state index is 14.1. The molecule has 1 aliphatic rings. The van der Waals surface area contributed by atoms with Crippen LogP contribution in [0.2, 0.25) is 0 Å². The van der Waals surface area contributed by atoms with Gasteiger partial charge in [0.1, 0.15) is 11.5 Å². The average Bonchev–Trinajstić information content (AvgIpc) is 3.38. The molecule has 3 aromatic rings. The number of pyridine rings is 1. The first-order chi connectivity index (χ1) is 15.3. The van der Waals surface area contributed by atoms with Crippen LogP contribution in [0.25, 0.3) is 0 Å². The van der Waals surface area contributed by atoms with Gasteiger partial charge in [0.15, 0.2) is 0 Å². The summed E-state index contributed by atoms with van der Waals surface area (Å²) in [6, 6.07) is 9.53. The van der Waals surface area contributed by atoms with Gasteiger partial charge in [0, 0.05) is 11.1 Å². The molecule has 1 atom stereocenters. The first-order valence-electron chi connectivity index (χ1n) is 9.97. The molecule has 2 aromatic heterocycles. The molecule has 0 fully saturated rings. The second-order valence-corrected chi connectivity index (χ2v) is 9.99. The van der Waals surface area contributed by atoms with Gasteiger partial charge in [-0.1, -0.05) is 25.5 Å². The number of aromatic nitrogens is 1. The van der Waals surface area contributed by atoms with Crippen molar-refractivity contribution in [3.63, 3.8) is 0 Å². The van der Waals surface area contributed by atoms with Crippen LogP contribution in [0, 0.1) is 5.82 Å². The van der Waals surface area contributed by atoms with Crippen LogP contribution in [-0.2, 0) is 16.6 Å². The molecule has 32 heavy (non-hydrogen) atoms. The normalized spacial score (nSPS) is 14.6. The van der Waals surface area contributed by atoms with E-state index < -0.39 is 33.7 Å². The zero-order valence-corrected chi connectivity index (χ0v) is 18.7. The van der Waals surface area contributed by atoms with E-state index in [-0.39, 0.29) is 28.3 Å². The van der Waals surface area contributed by atoms with Crippen molar-refractivity contribution < 1.29 is 22.4 Å². The molecule has 0 spiro atoms. The maximum atomic E-state index is 14.1. The molecule has 2 amide bonds. The minimum atomic E-state index is -4.15. The third kappa shape index (κ3) is 4.21. The van der Waals surface area contributed by atoms with E-state index in [0.29, 0.717) is 6.42 Å². The smallest absolute Gasteiger partial charge is 0.268 e. The largest absolute Gasteiger partial charge is 0.280 e. The van der Waals surface area contributed by atoms with Crippen molar-refractivity contribution in [1.82, 2.24) is 14.6 Å². The summed E-state index contributed by atoms with van der Waals surface area (Å²) in [5, 5.41) is 1.86. The molecule has 1 aromatic carbocycles. The second kappa shape index (κ2) is 8.89. The third-order valence-electron chi connectivity index (χ3n) is 5.14. The first kappa shape index (κ1) is 22.3. The highest BCUT2D eigenvalue weighted by Gasteiger charge is 2.37. The molecule has 0 bridgehead atoms. The van der Waals surface area contributed by atoms with Gasteiger partial charge < -0.3 is 0 Å². The predicted octanol–water partition coefficient (Wildman–Crippen LogP) is 3.90. The number of benzene rings is 1. The summed E-state index contributed by atoms with van der Waals surface area (Å²) in [5.74, 6) is -1.92. The monoisotopic (exact) mass is 473 g/mol. The SMILES string of the molecule is CCC[C@H](NS(=O)(=O)c1cc(F)ccc1CN1C(=O)c2cccnc2C1=O)c1cccs1. The van der Waals surface area contributed by atoms with Crippen LogP contribution < -0.4 is 4.72 Å². The Balaban J connectivity index is 1.67. The van der Waals surface area contributed by atoms with E-state index in [1.807, 2.05) is 24.4 Å². The number of imide groups is 1. The van der Waals surface area contributed by atoms with Crippen molar-refractivity contribution in [2.45, 2.75) is 37.2 Å². The van der Waals surface area contributed by atoms with Crippen LogP contribution >= 0.6 is 11.3 Å². The minimum absolute atomic E-state index is 0.0165. The van der Waals surface area contributed by atoms with E-state index in [4.69, 9.17) is 0 Å². The van der Waals surface area contributed by atoms with E-state index in [2.05, 4.69) is 9.71 Å². The van der Waals surface area contributed by atoms with Gasteiger partial charge in [-0.05, 0) is 47.7 Å². The molecular weight excluding hydrogens is 453 g/mol. The molecule has 4 rings (SSSR count). The van der Waals surface area contributed by atoms with E-state index in [0.717, 1.165) is 28.3 Å². The maximum Gasteiger partial charge on any atom is 0.280 e. The molecule has 0 saturated carbocycles. The molecule has 10 heteroatoms. The number of rotatable bonds is 8. The Labute approximate surface area is 189 Å². The number of fused-ring (bicyclic) bond motifs is 1. The quantitative estimate of drug-likeness (QED) is 0.501. The number of hydrogen-bond donors (Lipinski definition) is 1. The lowest BCUT2D eigenvalue weighted by Gasteiger charge is -2.20. The van der Waals surface area contributed by atoms with Crippen molar-refractivity contribution in [2.75, 3.05) is 0 Å². The summed E-state index contributed by atoms with van der Waals surface area (Å²) < 4.78 is 43.3. The standard InChI is InChI=1S/C22H20FN3O4S2/c1-2-5-17(18-7-4-11-31-18)25-32(29,30)19-12-15(23)9-8-14(19)13-26-21(27)16-6-3-10-24-20(16)22(26)28/h3-4,6-12,17,25H,2,5,13H2,1H3/t17-/m0/s1. The van der Waals surface area contributed by atoms with Gasteiger partial charge in [-0.25, -0.2) is 17.5 Å². The minimum Gasteiger partial charge on any atom is -0.268 e. The molecule has 7 nitrogen and oxygen atoms in total. The van der Waals surface area contributed by atoms with E-state index in [1.165, 1.54) is 29.7 Å². The van der Waals surface area contributed by atoms with Crippen LogP contribution in [0.4, 0.5) is 4.39 Å². The number of hydrogen-bond acceptors (Lipinski definition) is 6. The van der Waals surface area contributed by atoms with Gasteiger partial charge in [-0.3, -0.25) is 19.5 Å². The van der Waals surface area contributed by atoms with Crippen LogP contribution in [0.5, 0.6) is 0 Å². The molecule has 0 aliphatic carbocycles. The second-order valence-electron chi connectivity index (χ2n) is 7.33. The highest BCUT2D eigenvalue weighted by Crippen LogP contribution is 2.29. The fourth-order valence-corrected chi connectivity index (χ4v) is 6.00. The number of thiophene rings is 1. The van der Waals surface area contributed by atoms with Crippen LogP contribution in [-0.4, -0.2) is 30.1 Å². The van der Waals surface area contributed by atoms with Crippen molar-refractivity contribution in [3.8, 4) is 0 Å². The Kier molecular flexibility index (Phi) is 6.18. The average molecular weight is 474 g/mol. The lowest BCUT2D eigenvalue weighted by atomic mass is 10.1. The Morgan fingerprint density at radius 2 is 1.97 bits per heavy atom. The third-order valence-corrected chi connectivity index (χ3v) is 7.68. The zero-order valence-electron chi connectivity index (χ0n) is 17.1. The summed E-state index contributed by atoms with van der Waals surface area (Å²) in [6.07, 6.45) is 2.71. The lowest BCUT2D eigenvalue weighted by molar-refractivity contribution is 0.0639. The van der Waals surface area contributed by atoms with Crippen molar-refractivity contribution >= 4 is 33.2 Å². The van der Waals surface area contributed by atoms with Gasteiger partial charge in [-0.2, -0.15) is 0 Å². The van der Waals surface area contributed by atoms with E-state index in [9.17, 15) is 22.4 Å². The highest BCUT2D eigenvalue weighted by atomic mass is 32.2. The molecule has 0 saturated heterocycles. The summed E-state index contributed by atoms with van der Waals surface area (Å²) in [4.78, 5) is 30.8. The summed E-state index contributed by atoms with van der Waals surface area (Å²) in [6.45, 7) is 1.63. The summed E-state index contributed by atoms with van der Waals surface area (Å²) in [7, 11) is -4.15. The van der Waals surface area contributed by atoms with Gasteiger partial charge in [0.25, 0.3) is 11.8 Å².